The van der Waals surface area contributed by atoms with E-state index in [1.54, 1.807) is 6.92 Å². The van der Waals surface area contributed by atoms with E-state index >= 15 is 0 Å². The molecule has 1 aromatic carbocycles. The summed E-state index contributed by atoms with van der Waals surface area (Å²) in [5.41, 5.74) is 1.26. The van der Waals surface area contributed by atoms with Crippen molar-refractivity contribution in [3.63, 3.8) is 0 Å². The van der Waals surface area contributed by atoms with E-state index in [0.717, 1.165) is 4.90 Å². The first-order chi connectivity index (χ1) is 9.31. The Kier molecular flexibility index (Phi) is 6.07. The van der Waals surface area contributed by atoms with Gasteiger partial charge in [0.25, 0.3) is 0 Å². The molecule has 0 spiro atoms. The highest BCUT2D eigenvalue weighted by atomic mass is 32.2. The average Bonchev–Trinajstić information content (AvgIpc) is 2.38. The molecule has 1 aromatic rings. The van der Waals surface area contributed by atoms with Crippen molar-refractivity contribution in [1.82, 2.24) is 5.32 Å². The summed E-state index contributed by atoms with van der Waals surface area (Å²) in [6.45, 7) is 7.48. The molecule has 110 valence electrons. The van der Waals surface area contributed by atoms with Crippen molar-refractivity contribution >= 4 is 23.6 Å². The zero-order chi connectivity index (χ0) is 15.3. The Balaban J connectivity index is 2.59. The summed E-state index contributed by atoms with van der Waals surface area (Å²) >= 11 is 1.42. The van der Waals surface area contributed by atoms with Crippen LogP contribution in [0.25, 0.3) is 0 Å². The maximum Gasteiger partial charge on any atom is 0.325 e. The molecule has 1 amide bonds. The van der Waals surface area contributed by atoms with E-state index in [1.165, 1.54) is 24.2 Å². The van der Waals surface area contributed by atoms with Crippen molar-refractivity contribution < 1.29 is 14.7 Å². The van der Waals surface area contributed by atoms with Crippen LogP contribution in [0, 0.1) is 0 Å². The number of thioether (sulfide) groups is 1. The number of carbonyl (C=O) groups is 2. The molecule has 0 saturated carbocycles. The number of hydrogen-bond acceptors (Lipinski definition) is 3. The zero-order valence-electron chi connectivity index (χ0n) is 12.2. The molecule has 0 aliphatic heterocycles. The lowest BCUT2D eigenvalue weighted by molar-refractivity contribution is -0.141. The Morgan fingerprint density at radius 1 is 1.10 bits per heavy atom. The van der Waals surface area contributed by atoms with Crippen LogP contribution in [0.2, 0.25) is 0 Å². The number of carboxylic acids is 1. The Morgan fingerprint density at radius 2 is 1.65 bits per heavy atom. The van der Waals surface area contributed by atoms with Crippen molar-refractivity contribution in [3.8, 4) is 0 Å². The third-order valence-electron chi connectivity index (χ3n) is 2.96. The fourth-order valence-electron chi connectivity index (χ4n) is 1.58. The number of carbonyl (C=O) groups excluding carboxylic acids is 1. The summed E-state index contributed by atoms with van der Waals surface area (Å²) in [6, 6.07) is 7.22. The maximum atomic E-state index is 11.8. The Labute approximate surface area is 124 Å². The number of benzene rings is 1. The predicted octanol–water partition coefficient (Wildman–Crippen LogP) is 2.88. The molecule has 0 fully saturated rings. The average molecular weight is 295 g/mol. The van der Waals surface area contributed by atoms with E-state index in [9.17, 15) is 9.59 Å². The van der Waals surface area contributed by atoms with Gasteiger partial charge in [-0.05, 0) is 37.5 Å². The third-order valence-corrected chi connectivity index (χ3v) is 4.07. The molecule has 0 radical (unpaired) electrons. The summed E-state index contributed by atoms with van der Waals surface area (Å²) in [7, 11) is 0. The van der Waals surface area contributed by atoms with Gasteiger partial charge in [-0.25, -0.2) is 0 Å². The Hall–Kier alpha value is -1.49. The quantitative estimate of drug-likeness (QED) is 0.792. The van der Waals surface area contributed by atoms with Crippen molar-refractivity contribution in [1.29, 1.82) is 0 Å². The lowest BCUT2D eigenvalue weighted by Crippen LogP contribution is -2.42. The topological polar surface area (TPSA) is 66.4 Å². The smallest absolute Gasteiger partial charge is 0.325 e. The van der Waals surface area contributed by atoms with Crippen molar-refractivity contribution in [2.24, 2.45) is 0 Å². The van der Waals surface area contributed by atoms with Gasteiger partial charge >= 0.3 is 5.97 Å². The minimum Gasteiger partial charge on any atom is -0.480 e. The monoisotopic (exact) mass is 295 g/mol. The molecular formula is C15H21NO3S. The van der Waals surface area contributed by atoms with Crippen LogP contribution in [0.1, 0.15) is 39.2 Å². The van der Waals surface area contributed by atoms with Crippen LogP contribution in [0.5, 0.6) is 0 Å². The highest BCUT2D eigenvalue weighted by molar-refractivity contribution is 8.00. The first-order valence-electron chi connectivity index (χ1n) is 6.61. The van der Waals surface area contributed by atoms with Crippen LogP contribution in [0.15, 0.2) is 29.2 Å². The van der Waals surface area contributed by atoms with Gasteiger partial charge < -0.3 is 10.4 Å². The molecule has 2 atom stereocenters. The second-order valence-corrected chi connectivity index (χ2v) is 6.47. The van der Waals surface area contributed by atoms with Gasteiger partial charge in [0.05, 0.1) is 5.25 Å². The SMILES string of the molecule is CC(NC(=O)C(C)Sc1ccc(C(C)C)cc1)C(=O)O. The molecule has 0 aliphatic rings. The van der Waals surface area contributed by atoms with Crippen LogP contribution in [-0.2, 0) is 9.59 Å². The highest BCUT2D eigenvalue weighted by Crippen LogP contribution is 2.25. The van der Waals surface area contributed by atoms with E-state index in [-0.39, 0.29) is 11.2 Å². The van der Waals surface area contributed by atoms with E-state index in [4.69, 9.17) is 5.11 Å². The van der Waals surface area contributed by atoms with Crippen molar-refractivity contribution in [2.75, 3.05) is 0 Å². The largest absolute Gasteiger partial charge is 0.480 e. The summed E-state index contributed by atoms with van der Waals surface area (Å²) in [5.74, 6) is -0.819. The minimum absolute atomic E-state index is 0.266. The Bertz CT molecular complexity index is 471. The standard InChI is InChI=1S/C15H21NO3S/c1-9(2)12-5-7-13(8-6-12)20-11(4)14(17)16-10(3)15(18)19/h5-11H,1-4H3,(H,16,17)(H,18,19). The molecule has 0 saturated heterocycles. The van der Waals surface area contributed by atoms with Gasteiger partial charge in [-0.2, -0.15) is 0 Å². The fraction of sp³-hybridized carbons (Fsp3) is 0.467. The molecular weight excluding hydrogens is 274 g/mol. The lowest BCUT2D eigenvalue weighted by atomic mass is 10.0. The number of hydrogen-bond donors (Lipinski definition) is 2. The van der Waals surface area contributed by atoms with Crippen LogP contribution in [-0.4, -0.2) is 28.3 Å². The second-order valence-electron chi connectivity index (χ2n) is 5.05. The molecule has 2 N–H and O–H groups in total. The van der Waals surface area contributed by atoms with E-state index < -0.39 is 12.0 Å². The molecule has 20 heavy (non-hydrogen) atoms. The lowest BCUT2D eigenvalue weighted by Gasteiger charge is -2.15. The number of aliphatic carboxylic acids is 1. The Morgan fingerprint density at radius 3 is 2.10 bits per heavy atom. The first kappa shape index (κ1) is 16.6. The molecule has 1 rings (SSSR count). The van der Waals surface area contributed by atoms with Crippen molar-refractivity contribution in [2.45, 2.75) is 49.8 Å². The van der Waals surface area contributed by atoms with Crippen LogP contribution in [0.4, 0.5) is 0 Å². The molecule has 0 aliphatic carbocycles. The molecule has 2 unspecified atom stereocenters. The van der Waals surface area contributed by atoms with Gasteiger partial charge in [-0.1, -0.05) is 26.0 Å². The summed E-state index contributed by atoms with van der Waals surface area (Å²) in [4.78, 5) is 23.5. The summed E-state index contributed by atoms with van der Waals surface area (Å²) in [5, 5.41) is 10.9. The van der Waals surface area contributed by atoms with Crippen LogP contribution >= 0.6 is 11.8 Å². The number of rotatable bonds is 6. The molecule has 0 aromatic heterocycles. The van der Waals surface area contributed by atoms with E-state index in [2.05, 4.69) is 31.3 Å². The van der Waals surface area contributed by atoms with Gasteiger partial charge in [0, 0.05) is 4.90 Å². The van der Waals surface area contributed by atoms with Gasteiger partial charge in [0.15, 0.2) is 0 Å². The van der Waals surface area contributed by atoms with Gasteiger partial charge in [-0.3, -0.25) is 9.59 Å². The van der Waals surface area contributed by atoms with Gasteiger partial charge in [0.1, 0.15) is 6.04 Å². The number of carboxylic acid groups (broad SMARTS) is 1. The summed E-state index contributed by atoms with van der Waals surface area (Å²) in [6.07, 6.45) is 0. The van der Waals surface area contributed by atoms with Gasteiger partial charge in [0.2, 0.25) is 5.91 Å². The summed E-state index contributed by atoms with van der Waals surface area (Å²) < 4.78 is 0. The van der Waals surface area contributed by atoms with E-state index in [0.29, 0.717) is 5.92 Å². The molecule has 5 heteroatoms. The molecule has 0 bridgehead atoms. The highest BCUT2D eigenvalue weighted by Gasteiger charge is 2.19. The van der Waals surface area contributed by atoms with E-state index in [1.807, 2.05) is 12.1 Å². The minimum atomic E-state index is -1.03. The number of amides is 1. The van der Waals surface area contributed by atoms with Crippen LogP contribution in [0.3, 0.4) is 0 Å². The van der Waals surface area contributed by atoms with Crippen LogP contribution < -0.4 is 5.32 Å². The van der Waals surface area contributed by atoms with Crippen molar-refractivity contribution in [3.05, 3.63) is 29.8 Å². The maximum absolute atomic E-state index is 11.8. The third kappa shape index (κ3) is 4.89. The molecule has 4 nitrogen and oxygen atoms in total. The number of nitrogens with one attached hydrogen (secondary N) is 1. The predicted molar refractivity (Wildman–Crippen MR) is 81.1 cm³/mol. The van der Waals surface area contributed by atoms with Gasteiger partial charge in [-0.15, -0.1) is 11.8 Å². The first-order valence-corrected chi connectivity index (χ1v) is 7.49. The fourth-order valence-corrected chi connectivity index (χ4v) is 2.46. The second kappa shape index (κ2) is 7.33. The normalized spacial score (nSPS) is 13.8. The molecule has 0 heterocycles. The zero-order valence-corrected chi connectivity index (χ0v) is 13.0.